The first-order valence-corrected chi connectivity index (χ1v) is 10.9. The fraction of sp³-hybridized carbons (Fsp3) is 0.148. The molecule has 0 aliphatic carbocycles. The molecule has 4 rings (SSSR count). The van der Waals surface area contributed by atoms with E-state index in [0.29, 0.717) is 22.9 Å². The third-order valence-corrected chi connectivity index (χ3v) is 5.30. The molecule has 0 aliphatic rings. The van der Waals surface area contributed by atoms with E-state index in [4.69, 9.17) is 14.2 Å². The Morgan fingerprint density at radius 3 is 2.37 bits per heavy atom. The van der Waals surface area contributed by atoms with Crippen molar-refractivity contribution in [1.82, 2.24) is 9.78 Å². The van der Waals surface area contributed by atoms with Crippen molar-refractivity contribution in [3.63, 3.8) is 0 Å². The zero-order valence-electron chi connectivity index (χ0n) is 19.6. The van der Waals surface area contributed by atoms with Crippen molar-refractivity contribution in [3.8, 4) is 28.4 Å². The van der Waals surface area contributed by atoms with Gasteiger partial charge in [0, 0.05) is 17.8 Å². The van der Waals surface area contributed by atoms with Crippen molar-refractivity contribution in [1.29, 1.82) is 0 Å². The number of rotatable bonds is 8. The molecule has 1 amide bonds. The van der Waals surface area contributed by atoms with Gasteiger partial charge in [0.2, 0.25) is 0 Å². The normalized spacial score (nSPS) is 10.5. The predicted molar refractivity (Wildman–Crippen MR) is 132 cm³/mol. The molecule has 35 heavy (non-hydrogen) atoms. The number of anilines is 1. The average Bonchev–Trinajstić information content (AvgIpc) is 3.34. The first-order chi connectivity index (χ1) is 17.0. The van der Waals surface area contributed by atoms with Crippen LogP contribution in [0.25, 0.3) is 16.9 Å². The molecule has 1 N–H and O–H groups in total. The third-order valence-electron chi connectivity index (χ3n) is 5.30. The highest BCUT2D eigenvalue weighted by molar-refractivity contribution is 5.99. The summed E-state index contributed by atoms with van der Waals surface area (Å²) in [5.41, 5.74) is 3.81. The molecular formula is C27H25N3O5. The molecule has 0 radical (unpaired) electrons. The number of esters is 1. The van der Waals surface area contributed by atoms with Crippen LogP contribution in [0.1, 0.15) is 15.9 Å². The number of para-hydroxylation sites is 1. The van der Waals surface area contributed by atoms with Gasteiger partial charge in [0.1, 0.15) is 22.8 Å². The Balaban J connectivity index is 1.53. The van der Waals surface area contributed by atoms with Gasteiger partial charge in [-0.1, -0.05) is 48.0 Å². The summed E-state index contributed by atoms with van der Waals surface area (Å²) < 4.78 is 17.4. The monoisotopic (exact) mass is 471 g/mol. The average molecular weight is 472 g/mol. The van der Waals surface area contributed by atoms with Gasteiger partial charge in [-0.2, -0.15) is 5.10 Å². The van der Waals surface area contributed by atoms with Crippen LogP contribution < -0.4 is 14.8 Å². The van der Waals surface area contributed by atoms with Crippen LogP contribution in [0.3, 0.4) is 0 Å². The number of benzene rings is 3. The van der Waals surface area contributed by atoms with Crippen molar-refractivity contribution in [2.75, 3.05) is 26.1 Å². The second kappa shape index (κ2) is 10.6. The lowest BCUT2D eigenvalue weighted by Gasteiger charge is -2.11. The summed E-state index contributed by atoms with van der Waals surface area (Å²) in [5.74, 6) is -0.145. The maximum Gasteiger partial charge on any atom is 0.342 e. The number of carbonyl (C=O) groups is 2. The number of nitrogens with one attached hydrogen (secondary N) is 1. The fourth-order valence-electron chi connectivity index (χ4n) is 3.46. The molecule has 8 nitrogen and oxygen atoms in total. The highest BCUT2D eigenvalue weighted by Crippen LogP contribution is 2.29. The van der Waals surface area contributed by atoms with Crippen molar-refractivity contribution in [2.24, 2.45) is 0 Å². The van der Waals surface area contributed by atoms with Crippen molar-refractivity contribution in [3.05, 3.63) is 90.1 Å². The molecule has 0 fully saturated rings. The largest absolute Gasteiger partial charge is 0.497 e. The topological polar surface area (TPSA) is 91.7 Å². The van der Waals surface area contributed by atoms with Gasteiger partial charge in [0.15, 0.2) is 6.61 Å². The molecule has 0 saturated carbocycles. The Kier molecular flexibility index (Phi) is 7.11. The molecule has 0 bridgehead atoms. The number of hydrogen-bond donors (Lipinski definition) is 1. The van der Waals surface area contributed by atoms with E-state index in [0.717, 1.165) is 16.8 Å². The van der Waals surface area contributed by atoms with E-state index in [9.17, 15) is 9.59 Å². The zero-order valence-corrected chi connectivity index (χ0v) is 19.6. The van der Waals surface area contributed by atoms with Gasteiger partial charge in [0.25, 0.3) is 5.91 Å². The molecule has 0 unspecified atom stereocenters. The summed E-state index contributed by atoms with van der Waals surface area (Å²) in [4.78, 5) is 25.5. The number of aryl methyl sites for hydroxylation is 1. The van der Waals surface area contributed by atoms with Crippen LogP contribution in [0.4, 0.5) is 5.69 Å². The van der Waals surface area contributed by atoms with Crippen molar-refractivity contribution in [2.45, 2.75) is 6.92 Å². The van der Waals surface area contributed by atoms with E-state index in [1.165, 1.54) is 14.2 Å². The minimum Gasteiger partial charge on any atom is -0.497 e. The lowest BCUT2D eigenvalue weighted by Crippen LogP contribution is -2.21. The Morgan fingerprint density at radius 2 is 1.69 bits per heavy atom. The summed E-state index contributed by atoms with van der Waals surface area (Å²) in [7, 11) is 3.03. The summed E-state index contributed by atoms with van der Waals surface area (Å²) in [6.45, 7) is 1.51. The van der Waals surface area contributed by atoms with Crippen LogP contribution in [-0.4, -0.2) is 42.5 Å². The van der Waals surface area contributed by atoms with Crippen molar-refractivity contribution < 1.29 is 23.8 Å². The molecule has 8 heteroatoms. The lowest BCUT2D eigenvalue weighted by atomic mass is 10.1. The summed E-state index contributed by atoms with van der Waals surface area (Å²) in [6, 6.07) is 22.1. The minimum atomic E-state index is -0.653. The molecule has 1 aromatic heterocycles. The van der Waals surface area contributed by atoms with Gasteiger partial charge in [-0.05, 0) is 31.2 Å². The maximum atomic E-state index is 13.0. The SMILES string of the molecule is COc1ccc(NC(=O)COC(=O)c2cn(-c3ccccc3)nc2-c2ccc(C)cc2)c(OC)c1. The van der Waals surface area contributed by atoms with E-state index < -0.39 is 18.5 Å². The second-order valence-corrected chi connectivity index (χ2v) is 7.73. The highest BCUT2D eigenvalue weighted by atomic mass is 16.5. The maximum absolute atomic E-state index is 13.0. The van der Waals surface area contributed by atoms with E-state index >= 15 is 0 Å². The summed E-state index contributed by atoms with van der Waals surface area (Å²) in [6.07, 6.45) is 1.61. The van der Waals surface area contributed by atoms with Crippen molar-refractivity contribution >= 4 is 17.6 Å². The molecule has 1 heterocycles. The van der Waals surface area contributed by atoms with E-state index in [1.807, 2.05) is 61.5 Å². The second-order valence-electron chi connectivity index (χ2n) is 7.73. The van der Waals surface area contributed by atoms with E-state index in [1.54, 1.807) is 29.1 Å². The number of amides is 1. The lowest BCUT2D eigenvalue weighted by molar-refractivity contribution is -0.119. The number of carbonyl (C=O) groups excluding carboxylic acids is 2. The van der Waals surface area contributed by atoms with Crippen LogP contribution in [0, 0.1) is 6.92 Å². The summed E-state index contributed by atoms with van der Waals surface area (Å²) in [5, 5.41) is 7.31. The van der Waals surface area contributed by atoms with Gasteiger partial charge in [-0.25, -0.2) is 9.48 Å². The van der Waals surface area contributed by atoms with Gasteiger partial charge in [0.05, 0.1) is 25.6 Å². The van der Waals surface area contributed by atoms with Crippen LogP contribution in [-0.2, 0) is 9.53 Å². The van der Waals surface area contributed by atoms with Crippen LogP contribution in [0.5, 0.6) is 11.5 Å². The Hall–Kier alpha value is -4.59. The molecule has 4 aromatic rings. The molecule has 0 atom stereocenters. The zero-order chi connectivity index (χ0) is 24.8. The van der Waals surface area contributed by atoms with Gasteiger partial charge in [-0.3, -0.25) is 4.79 Å². The fourth-order valence-corrected chi connectivity index (χ4v) is 3.46. The Morgan fingerprint density at radius 1 is 0.943 bits per heavy atom. The molecule has 178 valence electrons. The van der Waals surface area contributed by atoms with Gasteiger partial charge >= 0.3 is 5.97 Å². The van der Waals surface area contributed by atoms with Gasteiger partial charge < -0.3 is 19.5 Å². The molecule has 3 aromatic carbocycles. The minimum absolute atomic E-state index is 0.257. The highest BCUT2D eigenvalue weighted by Gasteiger charge is 2.21. The first kappa shape index (κ1) is 23.6. The number of methoxy groups -OCH3 is 2. The molecule has 0 saturated heterocycles. The number of hydrogen-bond acceptors (Lipinski definition) is 6. The molecule has 0 spiro atoms. The predicted octanol–water partition coefficient (Wildman–Crippen LogP) is 4.66. The number of aromatic nitrogens is 2. The molecule has 0 aliphatic heterocycles. The Labute approximate surface area is 203 Å². The summed E-state index contributed by atoms with van der Waals surface area (Å²) >= 11 is 0. The number of nitrogens with zero attached hydrogens (tertiary/aromatic N) is 2. The molecular weight excluding hydrogens is 446 g/mol. The van der Waals surface area contributed by atoms with E-state index in [-0.39, 0.29) is 5.56 Å². The number of ether oxygens (including phenoxy) is 3. The van der Waals surface area contributed by atoms with Crippen LogP contribution in [0.2, 0.25) is 0 Å². The van der Waals surface area contributed by atoms with Gasteiger partial charge in [-0.15, -0.1) is 0 Å². The Bertz CT molecular complexity index is 1330. The quantitative estimate of drug-likeness (QED) is 0.376. The third kappa shape index (κ3) is 5.50. The van der Waals surface area contributed by atoms with E-state index in [2.05, 4.69) is 10.4 Å². The van der Waals surface area contributed by atoms with Crippen LogP contribution in [0.15, 0.2) is 79.0 Å². The smallest absolute Gasteiger partial charge is 0.342 e. The first-order valence-electron chi connectivity index (χ1n) is 10.9. The standard InChI is InChI=1S/C27H25N3O5/c1-18-9-11-19(12-10-18)26-22(16-30(29-26)20-7-5-4-6-8-20)27(32)35-17-25(31)28-23-14-13-21(33-2)15-24(23)34-3/h4-16H,17H2,1-3H3,(H,28,31). The van der Waals surface area contributed by atoms with Crippen LogP contribution >= 0.6 is 0 Å².